The molecule has 27 heavy (non-hydrogen) atoms. The highest BCUT2D eigenvalue weighted by atomic mass is 32.2. The Hall–Kier alpha value is -2.87. The van der Waals surface area contributed by atoms with Crippen LogP contribution < -0.4 is 11.0 Å². The van der Waals surface area contributed by atoms with Crippen LogP contribution in [0.1, 0.15) is 11.1 Å². The molecule has 0 spiro atoms. The number of nitrogens with zero attached hydrogens (tertiary/aromatic N) is 2. The van der Waals surface area contributed by atoms with Crippen molar-refractivity contribution in [1.29, 1.82) is 0 Å². The van der Waals surface area contributed by atoms with Crippen LogP contribution in [0.15, 0.2) is 46.1 Å². The SMILES string of the molecule is Cc1ccc(NC(=O)CS(=O)(=O)c2ccc3c(c2)n(C)c(=O)n3C)c(C)c1. The first-order valence-electron chi connectivity index (χ1n) is 8.35. The van der Waals surface area contributed by atoms with Gasteiger partial charge in [0, 0.05) is 19.8 Å². The predicted molar refractivity (Wildman–Crippen MR) is 105 cm³/mol. The number of amides is 1. The van der Waals surface area contributed by atoms with Gasteiger partial charge in [-0.05, 0) is 43.7 Å². The molecule has 1 N–H and O–H groups in total. The summed E-state index contributed by atoms with van der Waals surface area (Å²) in [5, 5.41) is 2.65. The van der Waals surface area contributed by atoms with Crippen LogP contribution >= 0.6 is 0 Å². The zero-order valence-electron chi connectivity index (χ0n) is 15.6. The fourth-order valence-electron chi connectivity index (χ4n) is 3.08. The van der Waals surface area contributed by atoms with Crippen LogP contribution in [-0.2, 0) is 28.7 Å². The molecule has 0 saturated carbocycles. The van der Waals surface area contributed by atoms with Crippen molar-refractivity contribution in [3.63, 3.8) is 0 Å². The monoisotopic (exact) mass is 387 g/mol. The number of carbonyl (C=O) groups is 1. The van der Waals surface area contributed by atoms with Crippen molar-refractivity contribution in [2.75, 3.05) is 11.1 Å². The van der Waals surface area contributed by atoms with Crippen molar-refractivity contribution >= 4 is 32.5 Å². The van der Waals surface area contributed by atoms with Crippen molar-refractivity contribution in [3.8, 4) is 0 Å². The average molecular weight is 387 g/mol. The summed E-state index contributed by atoms with van der Waals surface area (Å²) in [7, 11) is -0.651. The minimum Gasteiger partial charge on any atom is -0.325 e. The molecular weight excluding hydrogens is 366 g/mol. The minimum atomic E-state index is -3.85. The molecule has 0 saturated heterocycles. The summed E-state index contributed by atoms with van der Waals surface area (Å²) in [5.74, 6) is -1.28. The molecule has 0 radical (unpaired) electrons. The first-order valence-corrected chi connectivity index (χ1v) is 10.0. The van der Waals surface area contributed by atoms with E-state index in [0.717, 1.165) is 11.1 Å². The lowest BCUT2D eigenvalue weighted by Crippen LogP contribution is -2.23. The number of nitrogens with one attached hydrogen (secondary N) is 1. The van der Waals surface area contributed by atoms with E-state index in [1.165, 1.54) is 21.3 Å². The highest BCUT2D eigenvalue weighted by molar-refractivity contribution is 7.92. The summed E-state index contributed by atoms with van der Waals surface area (Å²) >= 11 is 0. The maximum absolute atomic E-state index is 12.7. The maximum atomic E-state index is 12.7. The number of hydrogen-bond donors (Lipinski definition) is 1. The molecule has 0 unspecified atom stereocenters. The van der Waals surface area contributed by atoms with Crippen LogP contribution in [0.5, 0.6) is 0 Å². The third-order valence-electron chi connectivity index (χ3n) is 4.58. The average Bonchev–Trinajstić information content (AvgIpc) is 2.81. The lowest BCUT2D eigenvalue weighted by molar-refractivity contribution is -0.113. The van der Waals surface area contributed by atoms with Crippen LogP contribution in [0.4, 0.5) is 5.69 Å². The Kier molecular flexibility index (Phi) is 4.69. The second kappa shape index (κ2) is 6.70. The van der Waals surface area contributed by atoms with E-state index in [2.05, 4.69) is 5.32 Å². The number of fused-ring (bicyclic) bond motifs is 1. The molecule has 1 heterocycles. The highest BCUT2D eigenvalue weighted by Crippen LogP contribution is 2.20. The maximum Gasteiger partial charge on any atom is 0.328 e. The molecule has 8 heteroatoms. The number of rotatable bonds is 4. The third kappa shape index (κ3) is 3.52. The van der Waals surface area contributed by atoms with Gasteiger partial charge in [0.05, 0.1) is 15.9 Å². The van der Waals surface area contributed by atoms with Gasteiger partial charge in [0.1, 0.15) is 5.75 Å². The van der Waals surface area contributed by atoms with Crippen LogP contribution in [0.3, 0.4) is 0 Å². The molecule has 2 aromatic carbocycles. The summed E-state index contributed by atoms with van der Waals surface area (Å²) in [6.07, 6.45) is 0. The second-order valence-electron chi connectivity index (χ2n) is 6.68. The van der Waals surface area contributed by atoms with Crippen molar-refractivity contribution in [3.05, 3.63) is 58.0 Å². The number of sulfone groups is 1. The van der Waals surface area contributed by atoms with Crippen LogP contribution in [0.2, 0.25) is 0 Å². The van der Waals surface area contributed by atoms with Gasteiger partial charge in [0.25, 0.3) is 0 Å². The number of aryl methyl sites for hydroxylation is 4. The zero-order valence-corrected chi connectivity index (χ0v) is 16.4. The van der Waals surface area contributed by atoms with Crippen molar-refractivity contribution < 1.29 is 13.2 Å². The molecule has 3 rings (SSSR count). The Bertz CT molecular complexity index is 1220. The van der Waals surface area contributed by atoms with Crippen LogP contribution in [-0.4, -0.2) is 29.2 Å². The fraction of sp³-hybridized carbons (Fsp3) is 0.263. The highest BCUT2D eigenvalue weighted by Gasteiger charge is 2.21. The first kappa shape index (κ1) is 18.9. The molecule has 1 amide bonds. The lowest BCUT2D eigenvalue weighted by atomic mass is 10.1. The lowest BCUT2D eigenvalue weighted by Gasteiger charge is -2.10. The van der Waals surface area contributed by atoms with E-state index in [1.807, 2.05) is 26.0 Å². The molecule has 1 aromatic heterocycles. The topological polar surface area (TPSA) is 90.2 Å². The molecular formula is C19H21N3O4S. The van der Waals surface area contributed by atoms with E-state index in [9.17, 15) is 18.0 Å². The number of carbonyl (C=O) groups excluding carboxylic acids is 1. The van der Waals surface area contributed by atoms with Gasteiger partial charge in [-0.15, -0.1) is 0 Å². The molecule has 0 aliphatic carbocycles. The predicted octanol–water partition coefficient (Wildman–Crippen LogP) is 1.91. The Morgan fingerprint density at radius 1 is 1.00 bits per heavy atom. The number of aromatic nitrogens is 2. The van der Waals surface area contributed by atoms with E-state index in [-0.39, 0.29) is 10.6 Å². The molecule has 142 valence electrons. The standard InChI is InChI=1S/C19H21N3O4S/c1-12-5-7-15(13(2)9-12)20-18(23)11-27(25,26)14-6-8-16-17(10-14)22(4)19(24)21(16)3/h5-10H,11H2,1-4H3,(H,20,23). The summed E-state index contributed by atoms with van der Waals surface area (Å²) in [5.41, 5.74) is 3.38. The van der Waals surface area contributed by atoms with Crippen molar-refractivity contribution in [2.45, 2.75) is 18.7 Å². The van der Waals surface area contributed by atoms with Crippen LogP contribution in [0.25, 0.3) is 11.0 Å². The molecule has 0 aliphatic heterocycles. The van der Waals surface area contributed by atoms with Gasteiger partial charge in [-0.25, -0.2) is 13.2 Å². The molecule has 0 fully saturated rings. The van der Waals surface area contributed by atoms with Gasteiger partial charge >= 0.3 is 5.69 Å². The first-order chi connectivity index (χ1) is 12.6. The molecule has 3 aromatic rings. The van der Waals surface area contributed by atoms with E-state index in [4.69, 9.17) is 0 Å². The minimum absolute atomic E-state index is 0.00646. The Morgan fingerprint density at radius 3 is 2.33 bits per heavy atom. The summed E-state index contributed by atoms with van der Waals surface area (Å²) in [6.45, 7) is 3.79. The van der Waals surface area contributed by atoms with Crippen molar-refractivity contribution in [1.82, 2.24) is 9.13 Å². The number of imidazole rings is 1. The summed E-state index contributed by atoms with van der Waals surface area (Å²) in [4.78, 5) is 24.3. The largest absolute Gasteiger partial charge is 0.328 e. The summed E-state index contributed by atoms with van der Waals surface area (Å²) in [6, 6.07) is 9.93. The van der Waals surface area contributed by atoms with Crippen molar-refractivity contribution in [2.24, 2.45) is 14.1 Å². The second-order valence-corrected chi connectivity index (χ2v) is 8.67. The van der Waals surface area contributed by atoms with Gasteiger partial charge in [0.15, 0.2) is 9.84 Å². The molecule has 7 nitrogen and oxygen atoms in total. The summed E-state index contributed by atoms with van der Waals surface area (Å²) < 4.78 is 28.1. The fourth-order valence-corrected chi connectivity index (χ4v) is 4.23. The Labute approximate surface area is 157 Å². The molecule has 0 aliphatic rings. The van der Waals surface area contributed by atoms with Crippen LogP contribution in [0, 0.1) is 13.8 Å². The smallest absolute Gasteiger partial charge is 0.325 e. The Balaban J connectivity index is 1.88. The van der Waals surface area contributed by atoms with E-state index in [0.29, 0.717) is 16.7 Å². The molecule has 0 atom stereocenters. The zero-order chi connectivity index (χ0) is 19.9. The number of benzene rings is 2. The quantitative estimate of drug-likeness (QED) is 0.740. The normalized spacial score (nSPS) is 11.7. The van der Waals surface area contributed by atoms with Gasteiger partial charge < -0.3 is 5.32 Å². The van der Waals surface area contributed by atoms with Gasteiger partial charge in [-0.3, -0.25) is 13.9 Å². The number of hydrogen-bond acceptors (Lipinski definition) is 4. The van der Waals surface area contributed by atoms with Gasteiger partial charge in [0.2, 0.25) is 5.91 Å². The van der Waals surface area contributed by atoms with E-state index >= 15 is 0 Å². The van der Waals surface area contributed by atoms with Gasteiger partial charge in [-0.2, -0.15) is 0 Å². The number of anilines is 1. The third-order valence-corrected chi connectivity index (χ3v) is 6.19. The van der Waals surface area contributed by atoms with E-state index < -0.39 is 21.5 Å². The van der Waals surface area contributed by atoms with Gasteiger partial charge in [-0.1, -0.05) is 17.7 Å². The van der Waals surface area contributed by atoms with E-state index in [1.54, 1.807) is 26.2 Å². The Morgan fingerprint density at radius 2 is 1.67 bits per heavy atom. The molecule has 0 bridgehead atoms.